The Hall–Kier alpha value is -0.530. The van der Waals surface area contributed by atoms with Gasteiger partial charge < -0.3 is 5.11 Å². The van der Waals surface area contributed by atoms with E-state index in [9.17, 15) is 4.79 Å². The zero-order valence-electron chi connectivity index (χ0n) is 8.58. The maximum absolute atomic E-state index is 10.9. The van der Waals surface area contributed by atoms with Crippen molar-refractivity contribution >= 4 is 5.97 Å². The van der Waals surface area contributed by atoms with Crippen LogP contribution in [0.15, 0.2) is 0 Å². The normalized spacial score (nSPS) is 46.7. The third-order valence-corrected chi connectivity index (χ3v) is 4.67. The maximum atomic E-state index is 10.9. The molecule has 0 aromatic carbocycles. The van der Waals surface area contributed by atoms with Crippen LogP contribution in [0.3, 0.4) is 0 Å². The summed E-state index contributed by atoms with van der Waals surface area (Å²) in [6.07, 6.45) is 2.16. The van der Waals surface area contributed by atoms with Crippen LogP contribution < -0.4 is 0 Å². The van der Waals surface area contributed by atoms with Crippen molar-refractivity contribution in [3.05, 3.63) is 0 Å². The predicted octanol–water partition coefficient (Wildman–Crippen LogP) is 2.39. The fourth-order valence-electron chi connectivity index (χ4n) is 3.48. The summed E-state index contributed by atoms with van der Waals surface area (Å²) in [5, 5.41) is 9.02. The molecule has 3 saturated carbocycles. The highest BCUT2D eigenvalue weighted by molar-refractivity contribution is 5.70. The van der Waals surface area contributed by atoms with Crippen LogP contribution in [0.25, 0.3) is 0 Å². The molecule has 0 amide bonds. The van der Waals surface area contributed by atoms with E-state index in [1.165, 1.54) is 6.42 Å². The zero-order chi connectivity index (χ0) is 9.80. The molecule has 2 heteroatoms. The Morgan fingerprint density at radius 2 is 2.00 bits per heavy atom. The molecule has 3 rings (SSSR count). The van der Waals surface area contributed by atoms with Crippen molar-refractivity contribution in [1.29, 1.82) is 0 Å². The van der Waals surface area contributed by atoms with Gasteiger partial charge in [0.05, 0.1) is 5.92 Å². The van der Waals surface area contributed by atoms with E-state index in [0.29, 0.717) is 23.2 Å². The van der Waals surface area contributed by atoms with Gasteiger partial charge in [0, 0.05) is 0 Å². The molecule has 3 aliphatic carbocycles. The van der Waals surface area contributed by atoms with Gasteiger partial charge >= 0.3 is 5.97 Å². The van der Waals surface area contributed by atoms with Crippen LogP contribution in [-0.4, -0.2) is 11.1 Å². The van der Waals surface area contributed by atoms with E-state index < -0.39 is 5.97 Å². The third-order valence-electron chi connectivity index (χ3n) is 4.67. The maximum Gasteiger partial charge on any atom is 0.306 e. The highest BCUT2D eigenvalue weighted by Gasteiger charge is 2.57. The van der Waals surface area contributed by atoms with Gasteiger partial charge in [0.1, 0.15) is 0 Å². The van der Waals surface area contributed by atoms with Crippen LogP contribution in [0.2, 0.25) is 0 Å². The number of hydrogen-bond donors (Lipinski definition) is 1. The van der Waals surface area contributed by atoms with Crippen molar-refractivity contribution in [2.24, 2.45) is 29.1 Å². The first-order valence-corrected chi connectivity index (χ1v) is 5.17. The molecular weight excluding hydrogens is 164 g/mol. The topological polar surface area (TPSA) is 37.3 Å². The average Bonchev–Trinajstić information content (AvgIpc) is 2.02. The Bertz CT molecular complexity index is 244. The molecule has 0 aliphatic heterocycles. The number of hydrogen-bond acceptors (Lipinski definition) is 1. The summed E-state index contributed by atoms with van der Waals surface area (Å²) in [5.74, 6) is 1.02. The van der Waals surface area contributed by atoms with E-state index in [0.717, 1.165) is 6.42 Å². The number of aliphatic carboxylic acids is 1. The Labute approximate surface area is 79.3 Å². The molecule has 2 nitrogen and oxygen atoms in total. The summed E-state index contributed by atoms with van der Waals surface area (Å²) in [5.41, 5.74) is 0.408. The summed E-state index contributed by atoms with van der Waals surface area (Å²) < 4.78 is 0. The van der Waals surface area contributed by atoms with Crippen molar-refractivity contribution in [2.75, 3.05) is 0 Å². The molecule has 3 aliphatic rings. The summed E-state index contributed by atoms with van der Waals surface area (Å²) in [4.78, 5) is 10.9. The third kappa shape index (κ3) is 1.04. The van der Waals surface area contributed by atoms with Crippen molar-refractivity contribution in [1.82, 2.24) is 0 Å². The lowest BCUT2D eigenvalue weighted by Gasteiger charge is -2.61. The molecule has 0 unspecified atom stereocenters. The minimum atomic E-state index is -0.585. The van der Waals surface area contributed by atoms with Crippen LogP contribution in [0.1, 0.15) is 33.6 Å². The summed E-state index contributed by atoms with van der Waals surface area (Å²) in [7, 11) is 0. The van der Waals surface area contributed by atoms with Gasteiger partial charge in [-0.1, -0.05) is 20.8 Å². The molecule has 0 radical (unpaired) electrons. The Balaban J connectivity index is 2.16. The minimum absolute atomic E-state index is 0.0724. The van der Waals surface area contributed by atoms with Gasteiger partial charge in [-0.2, -0.15) is 0 Å². The van der Waals surface area contributed by atoms with Crippen LogP contribution in [0.5, 0.6) is 0 Å². The van der Waals surface area contributed by atoms with E-state index in [1.54, 1.807) is 0 Å². The number of carbonyl (C=O) groups is 1. The van der Waals surface area contributed by atoms with Crippen LogP contribution >= 0.6 is 0 Å². The Morgan fingerprint density at radius 3 is 2.38 bits per heavy atom. The van der Waals surface area contributed by atoms with E-state index in [4.69, 9.17) is 5.11 Å². The highest BCUT2D eigenvalue weighted by atomic mass is 16.4. The van der Waals surface area contributed by atoms with Crippen LogP contribution in [0.4, 0.5) is 0 Å². The molecule has 74 valence electrons. The van der Waals surface area contributed by atoms with Crippen molar-refractivity contribution in [3.63, 3.8) is 0 Å². The predicted molar refractivity (Wildman–Crippen MR) is 50.3 cm³/mol. The van der Waals surface area contributed by atoms with Crippen molar-refractivity contribution in [3.8, 4) is 0 Å². The lowest BCUT2D eigenvalue weighted by molar-refractivity contribution is -0.167. The molecular formula is C11H18O2. The smallest absolute Gasteiger partial charge is 0.306 e. The van der Waals surface area contributed by atoms with Gasteiger partial charge in [-0.3, -0.25) is 4.79 Å². The van der Waals surface area contributed by atoms with Crippen molar-refractivity contribution < 1.29 is 9.90 Å². The molecule has 0 aromatic rings. The van der Waals surface area contributed by atoms with Crippen LogP contribution in [-0.2, 0) is 4.79 Å². The quantitative estimate of drug-likeness (QED) is 0.676. The first kappa shape index (κ1) is 9.04. The summed E-state index contributed by atoms with van der Waals surface area (Å²) in [6, 6.07) is 0. The minimum Gasteiger partial charge on any atom is -0.481 e. The van der Waals surface area contributed by atoms with E-state index in [1.807, 2.05) is 0 Å². The summed E-state index contributed by atoms with van der Waals surface area (Å²) >= 11 is 0. The molecule has 4 atom stereocenters. The molecule has 0 aromatic heterocycles. The second-order valence-electron chi connectivity index (χ2n) is 5.40. The van der Waals surface area contributed by atoms with Gasteiger partial charge in [-0.25, -0.2) is 0 Å². The Kier molecular flexibility index (Phi) is 1.73. The van der Waals surface area contributed by atoms with Gasteiger partial charge in [0.15, 0.2) is 0 Å². The standard InChI is InChI=1S/C11H18O2/c1-6-8(10(12)13)4-7-5-9(6)11(7,2)3/h6-9H,4-5H2,1-3H3,(H,12,13)/t6-,7-,8-,9-/m1/s1. The SMILES string of the molecule is C[C@H]1[C@H]2C[C@@H](C[C@H]1C(=O)O)C2(C)C. The second kappa shape index (κ2) is 2.49. The first-order chi connectivity index (χ1) is 5.94. The number of rotatable bonds is 1. The largest absolute Gasteiger partial charge is 0.481 e. The molecule has 0 heterocycles. The van der Waals surface area contributed by atoms with E-state index >= 15 is 0 Å². The van der Waals surface area contributed by atoms with Crippen molar-refractivity contribution in [2.45, 2.75) is 33.6 Å². The van der Waals surface area contributed by atoms with Gasteiger partial charge in [-0.05, 0) is 36.0 Å². The van der Waals surface area contributed by atoms with Crippen LogP contribution in [0, 0.1) is 29.1 Å². The average molecular weight is 182 g/mol. The molecule has 0 saturated heterocycles. The molecule has 2 bridgehead atoms. The molecule has 0 spiro atoms. The fraction of sp³-hybridized carbons (Fsp3) is 0.909. The Morgan fingerprint density at radius 1 is 1.38 bits per heavy atom. The lowest BCUT2D eigenvalue weighted by atomic mass is 9.43. The molecule has 3 fully saturated rings. The van der Waals surface area contributed by atoms with Gasteiger partial charge in [-0.15, -0.1) is 0 Å². The highest BCUT2D eigenvalue weighted by Crippen LogP contribution is 2.62. The number of fused-ring (bicyclic) bond motifs is 2. The first-order valence-electron chi connectivity index (χ1n) is 5.17. The second-order valence-corrected chi connectivity index (χ2v) is 5.40. The zero-order valence-corrected chi connectivity index (χ0v) is 8.58. The number of carboxylic acids is 1. The van der Waals surface area contributed by atoms with Gasteiger partial charge in [0.25, 0.3) is 0 Å². The molecule has 1 N–H and O–H groups in total. The fourth-order valence-corrected chi connectivity index (χ4v) is 3.48. The van der Waals surface area contributed by atoms with E-state index in [-0.39, 0.29) is 5.92 Å². The van der Waals surface area contributed by atoms with E-state index in [2.05, 4.69) is 20.8 Å². The molecule has 13 heavy (non-hydrogen) atoms. The monoisotopic (exact) mass is 182 g/mol. The summed E-state index contributed by atoms with van der Waals surface area (Å²) in [6.45, 7) is 6.70. The lowest BCUT2D eigenvalue weighted by Crippen LogP contribution is -2.56. The number of carboxylic acid groups (broad SMARTS) is 1. The van der Waals surface area contributed by atoms with Gasteiger partial charge in [0.2, 0.25) is 0 Å².